The van der Waals surface area contributed by atoms with Gasteiger partial charge in [0.25, 0.3) is 0 Å². The van der Waals surface area contributed by atoms with Gasteiger partial charge in [-0.2, -0.15) is 4.98 Å². The molecule has 0 bridgehead atoms. The van der Waals surface area contributed by atoms with Crippen LogP contribution in [0.3, 0.4) is 0 Å². The van der Waals surface area contributed by atoms with E-state index in [1.165, 1.54) is 5.56 Å². The van der Waals surface area contributed by atoms with Crippen molar-refractivity contribution in [1.82, 2.24) is 20.0 Å². The van der Waals surface area contributed by atoms with Gasteiger partial charge in [0.15, 0.2) is 0 Å². The van der Waals surface area contributed by atoms with Crippen molar-refractivity contribution < 1.29 is 4.52 Å². The predicted octanol–water partition coefficient (Wildman–Crippen LogP) is 2.65. The van der Waals surface area contributed by atoms with Gasteiger partial charge in [-0.3, -0.25) is 0 Å². The monoisotopic (exact) mass is 323 g/mol. The number of likely N-dealkylation sites (N-methyl/N-ethyl adjacent to an activating group) is 1. The van der Waals surface area contributed by atoms with E-state index in [1.807, 2.05) is 6.92 Å². The number of anilines is 1. The van der Waals surface area contributed by atoms with Crippen molar-refractivity contribution in [2.45, 2.75) is 13.8 Å². The number of fused-ring (bicyclic) bond motifs is 1. The second kappa shape index (κ2) is 5.87. The van der Waals surface area contributed by atoms with E-state index < -0.39 is 0 Å². The molecule has 0 atom stereocenters. The second-order valence-corrected chi connectivity index (χ2v) is 6.43. The van der Waals surface area contributed by atoms with Crippen LogP contribution >= 0.6 is 0 Å². The van der Waals surface area contributed by atoms with Gasteiger partial charge in [-0.15, -0.1) is 0 Å². The van der Waals surface area contributed by atoms with E-state index >= 15 is 0 Å². The normalized spacial score (nSPS) is 16.0. The molecule has 4 rings (SSSR count). The van der Waals surface area contributed by atoms with Crippen LogP contribution in [0.2, 0.25) is 0 Å². The number of piperazine rings is 1. The van der Waals surface area contributed by atoms with Crippen molar-refractivity contribution in [2.75, 3.05) is 38.1 Å². The van der Waals surface area contributed by atoms with Crippen LogP contribution in [-0.2, 0) is 0 Å². The smallest absolute Gasteiger partial charge is 0.223 e. The number of para-hydroxylation sites is 1. The largest absolute Gasteiger partial charge is 0.353 e. The Kier molecular flexibility index (Phi) is 3.69. The summed E-state index contributed by atoms with van der Waals surface area (Å²) in [5, 5.41) is 5.22. The molecule has 0 spiro atoms. The SMILES string of the molecule is Cc1nc(-c2cc3cccc(C)c3nc2N2CCN(C)CC2)no1. The van der Waals surface area contributed by atoms with E-state index in [0.717, 1.165) is 48.5 Å². The van der Waals surface area contributed by atoms with E-state index in [-0.39, 0.29) is 0 Å². The maximum Gasteiger partial charge on any atom is 0.223 e. The minimum absolute atomic E-state index is 0.568. The van der Waals surface area contributed by atoms with E-state index in [9.17, 15) is 0 Å². The molecular weight excluding hydrogens is 302 g/mol. The van der Waals surface area contributed by atoms with Gasteiger partial charge >= 0.3 is 0 Å². The Bertz CT molecular complexity index is 880. The molecule has 0 amide bonds. The fraction of sp³-hybridized carbons (Fsp3) is 0.389. The Morgan fingerprint density at radius 3 is 2.54 bits per heavy atom. The third-order valence-electron chi connectivity index (χ3n) is 4.60. The lowest BCUT2D eigenvalue weighted by Crippen LogP contribution is -2.45. The summed E-state index contributed by atoms with van der Waals surface area (Å²) in [4.78, 5) is 14.1. The van der Waals surface area contributed by atoms with Crippen molar-refractivity contribution in [1.29, 1.82) is 0 Å². The first-order valence-electron chi connectivity index (χ1n) is 8.26. The third-order valence-corrected chi connectivity index (χ3v) is 4.60. The van der Waals surface area contributed by atoms with Gasteiger partial charge in [0.1, 0.15) is 5.82 Å². The molecule has 0 unspecified atom stereocenters. The van der Waals surface area contributed by atoms with Crippen LogP contribution in [0.25, 0.3) is 22.3 Å². The van der Waals surface area contributed by atoms with Crippen LogP contribution in [-0.4, -0.2) is 53.3 Å². The average Bonchev–Trinajstić information content (AvgIpc) is 3.01. The van der Waals surface area contributed by atoms with Crippen LogP contribution < -0.4 is 4.90 Å². The summed E-state index contributed by atoms with van der Waals surface area (Å²) in [6, 6.07) is 8.37. The summed E-state index contributed by atoms with van der Waals surface area (Å²) in [5.41, 5.74) is 3.16. The molecule has 1 saturated heterocycles. The lowest BCUT2D eigenvalue weighted by molar-refractivity contribution is 0.312. The van der Waals surface area contributed by atoms with Gasteiger partial charge < -0.3 is 14.3 Å². The summed E-state index contributed by atoms with van der Waals surface area (Å²) in [7, 11) is 2.15. The van der Waals surface area contributed by atoms with E-state index in [4.69, 9.17) is 9.51 Å². The quantitative estimate of drug-likeness (QED) is 0.722. The Balaban J connectivity index is 1.89. The molecule has 2 aromatic heterocycles. The molecule has 0 saturated carbocycles. The van der Waals surface area contributed by atoms with Crippen molar-refractivity contribution >= 4 is 16.7 Å². The van der Waals surface area contributed by atoms with Crippen LogP contribution in [0, 0.1) is 13.8 Å². The Hall–Kier alpha value is -2.47. The van der Waals surface area contributed by atoms with Gasteiger partial charge in [-0.1, -0.05) is 23.4 Å². The zero-order chi connectivity index (χ0) is 16.7. The van der Waals surface area contributed by atoms with Crippen molar-refractivity contribution in [3.05, 3.63) is 35.7 Å². The highest BCUT2D eigenvalue weighted by Gasteiger charge is 2.22. The van der Waals surface area contributed by atoms with Crippen molar-refractivity contribution in [2.24, 2.45) is 0 Å². The van der Waals surface area contributed by atoms with Gasteiger partial charge in [-0.05, 0) is 25.6 Å². The topological polar surface area (TPSA) is 58.3 Å². The van der Waals surface area contributed by atoms with Crippen LogP contribution in [0.15, 0.2) is 28.8 Å². The number of pyridine rings is 1. The van der Waals surface area contributed by atoms with Gasteiger partial charge in [-0.25, -0.2) is 4.98 Å². The van der Waals surface area contributed by atoms with E-state index in [1.54, 1.807) is 0 Å². The summed E-state index contributed by atoms with van der Waals surface area (Å²) >= 11 is 0. The first kappa shape index (κ1) is 15.1. The Morgan fingerprint density at radius 1 is 1.04 bits per heavy atom. The summed E-state index contributed by atoms with van der Waals surface area (Å²) < 4.78 is 5.20. The van der Waals surface area contributed by atoms with E-state index in [2.05, 4.69) is 58.2 Å². The molecule has 0 N–H and O–H groups in total. The van der Waals surface area contributed by atoms with Gasteiger partial charge in [0.2, 0.25) is 11.7 Å². The molecule has 3 heterocycles. The Labute approximate surface area is 141 Å². The zero-order valence-corrected chi connectivity index (χ0v) is 14.3. The highest BCUT2D eigenvalue weighted by Crippen LogP contribution is 2.32. The maximum atomic E-state index is 5.20. The lowest BCUT2D eigenvalue weighted by atomic mass is 10.1. The van der Waals surface area contributed by atoms with Gasteiger partial charge in [0.05, 0.1) is 11.1 Å². The van der Waals surface area contributed by atoms with Crippen molar-refractivity contribution in [3.8, 4) is 11.4 Å². The fourth-order valence-corrected chi connectivity index (χ4v) is 3.17. The van der Waals surface area contributed by atoms with E-state index in [0.29, 0.717) is 11.7 Å². The number of aryl methyl sites for hydroxylation is 2. The molecule has 6 heteroatoms. The Morgan fingerprint density at radius 2 is 1.83 bits per heavy atom. The molecule has 1 aliphatic rings. The molecule has 0 radical (unpaired) electrons. The molecule has 0 aliphatic carbocycles. The standard InChI is InChI=1S/C18H21N5O/c1-12-5-4-6-14-11-15(17-19-13(2)24-21-17)18(20-16(12)14)23-9-7-22(3)8-10-23/h4-6,11H,7-10H2,1-3H3. The molecule has 24 heavy (non-hydrogen) atoms. The molecule has 1 fully saturated rings. The number of rotatable bonds is 2. The number of hydrogen-bond donors (Lipinski definition) is 0. The second-order valence-electron chi connectivity index (χ2n) is 6.43. The number of nitrogens with zero attached hydrogens (tertiary/aromatic N) is 5. The average molecular weight is 323 g/mol. The van der Waals surface area contributed by atoms with Gasteiger partial charge in [0, 0.05) is 38.5 Å². The minimum Gasteiger partial charge on any atom is -0.353 e. The number of aromatic nitrogens is 3. The molecule has 124 valence electrons. The highest BCUT2D eigenvalue weighted by molar-refractivity contribution is 5.90. The number of benzene rings is 1. The minimum atomic E-state index is 0.568. The predicted molar refractivity (Wildman–Crippen MR) is 94.2 cm³/mol. The third kappa shape index (κ3) is 2.63. The summed E-state index contributed by atoms with van der Waals surface area (Å²) in [5.74, 6) is 2.13. The van der Waals surface area contributed by atoms with Crippen LogP contribution in [0.5, 0.6) is 0 Å². The zero-order valence-electron chi connectivity index (χ0n) is 14.3. The molecule has 3 aromatic rings. The first-order chi connectivity index (χ1) is 11.6. The molecule has 6 nitrogen and oxygen atoms in total. The molecule has 1 aromatic carbocycles. The first-order valence-corrected chi connectivity index (χ1v) is 8.26. The summed E-state index contributed by atoms with van der Waals surface area (Å²) in [6.45, 7) is 7.86. The fourth-order valence-electron chi connectivity index (χ4n) is 3.17. The lowest BCUT2D eigenvalue weighted by Gasteiger charge is -2.34. The number of hydrogen-bond acceptors (Lipinski definition) is 6. The molecular formula is C18H21N5O. The van der Waals surface area contributed by atoms with Crippen LogP contribution in [0.1, 0.15) is 11.5 Å². The van der Waals surface area contributed by atoms with Crippen molar-refractivity contribution in [3.63, 3.8) is 0 Å². The molecule has 1 aliphatic heterocycles. The van der Waals surface area contributed by atoms with Crippen LogP contribution in [0.4, 0.5) is 5.82 Å². The highest BCUT2D eigenvalue weighted by atomic mass is 16.5. The summed E-state index contributed by atoms with van der Waals surface area (Å²) in [6.07, 6.45) is 0. The maximum absolute atomic E-state index is 5.20.